The summed E-state index contributed by atoms with van der Waals surface area (Å²) in [7, 11) is 0. The first-order valence-corrected chi connectivity index (χ1v) is 18.1. The molecule has 53 heavy (non-hydrogen) atoms. The predicted molar refractivity (Wildman–Crippen MR) is 188 cm³/mol. The van der Waals surface area contributed by atoms with E-state index in [9.17, 15) is 28.8 Å². The first-order valence-electron chi connectivity index (χ1n) is 17.7. The lowest BCUT2D eigenvalue weighted by Crippen LogP contribution is -2.54. The van der Waals surface area contributed by atoms with Crippen LogP contribution in [0.1, 0.15) is 97.4 Å². The van der Waals surface area contributed by atoms with E-state index in [2.05, 4.69) is 10.6 Å². The van der Waals surface area contributed by atoms with Crippen molar-refractivity contribution in [3.63, 3.8) is 0 Å². The fourth-order valence-electron chi connectivity index (χ4n) is 8.00. The van der Waals surface area contributed by atoms with Gasteiger partial charge < -0.3 is 15.0 Å². The maximum atomic E-state index is 13.5. The third-order valence-electron chi connectivity index (χ3n) is 10.8. The van der Waals surface area contributed by atoms with Crippen LogP contribution in [0.2, 0.25) is 5.02 Å². The van der Waals surface area contributed by atoms with Crippen molar-refractivity contribution in [1.82, 2.24) is 25.3 Å². The highest BCUT2D eigenvalue weighted by molar-refractivity contribution is 6.31. The molecule has 0 spiro atoms. The minimum absolute atomic E-state index is 0.00241. The number of piperidine rings is 1. The number of halogens is 1. The number of nitrogens with one attached hydrogen (secondary N) is 2. The highest BCUT2D eigenvalue weighted by Gasteiger charge is 2.45. The Bertz CT molecular complexity index is 2110. The van der Waals surface area contributed by atoms with E-state index in [1.165, 1.54) is 0 Å². The highest BCUT2D eigenvalue weighted by Crippen LogP contribution is 2.34. The van der Waals surface area contributed by atoms with Crippen molar-refractivity contribution in [2.75, 3.05) is 6.54 Å². The van der Waals surface area contributed by atoms with Gasteiger partial charge in [-0.25, -0.2) is 0 Å². The molecule has 270 valence electrons. The molecule has 1 saturated carbocycles. The Morgan fingerprint density at radius 1 is 0.849 bits per heavy atom. The Balaban J connectivity index is 0.825. The van der Waals surface area contributed by atoms with E-state index < -0.39 is 29.7 Å². The Morgan fingerprint density at radius 2 is 1.53 bits per heavy atom. The number of nitrogens with zero attached hydrogens (tertiary/aromatic N) is 4. The minimum atomic E-state index is -1.02. The molecule has 2 fully saturated rings. The average molecular weight is 735 g/mol. The molecule has 14 heteroatoms. The molecule has 1 saturated heterocycles. The molecule has 5 aliphatic rings. The third-order valence-corrected chi connectivity index (χ3v) is 11.1. The van der Waals surface area contributed by atoms with Gasteiger partial charge in [0.25, 0.3) is 17.7 Å². The fourth-order valence-corrected chi connectivity index (χ4v) is 8.21. The maximum Gasteiger partial charge on any atom is 0.262 e. The molecule has 1 atom stereocenters. The smallest absolute Gasteiger partial charge is 0.262 e. The fraction of sp³-hybridized carbons (Fsp3) is 0.359. The molecule has 3 aromatic rings. The van der Waals surface area contributed by atoms with E-state index in [-0.39, 0.29) is 54.5 Å². The molecule has 6 amide bonds. The molecule has 1 aliphatic carbocycles. The summed E-state index contributed by atoms with van der Waals surface area (Å²) in [5, 5.41) is 14.8. The van der Waals surface area contributed by atoms with Crippen molar-refractivity contribution >= 4 is 47.0 Å². The van der Waals surface area contributed by atoms with E-state index in [4.69, 9.17) is 21.6 Å². The molecule has 0 radical (unpaired) electrons. The Morgan fingerprint density at radius 3 is 2.19 bits per heavy atom. The zero-order valence-corrected chi connectivity index (χ0v) is 29.4. The maximum absolute atomic E-state index is 13.5. The molecule has 0 bridgehead atoms. The van der Waals surface area contributed by atoms with Gasteiger partial charge in [-0.1, -0.05) is 17.7 Å². The number of benzene rings is 3. The summed E-state index contributed by atoms with van der Waals surface area (Å²) in [5.41, 5.74) is 5.03. The summed E-state index contributed by atoms with van der Waals surface area (Å²) in [6.07, 6.45) is 3.23. The van der Waals surface area contributed by atoms with Crippen molar-refractivity contribution in [1.29, 1.82) is 5.26 Å². The summed E-state index contributed by atoms with van der Waals surface area (Å²) in [6.45, 7) is 1.84. The monoisotopic (exact) mass is 734 g/mol. The zero-order chi connectivity index (χ0) is 37.0. The Hall–Kier alpha value is -5.58. The summed E-state index contributed by atoms with van der Waals surface area (Å²) in [6, 6.07) is 15.0. The average Bonchev–Trinajstić information content (AvgIpc) is 3.81. The normalized spacial score (nSPS) is 22.2. The second kappa shape index (κ2) is 13.8. The van der Waals surface area contributed by atoms with E-state index in [1.54, 1.807) is 41.3 Å². The van der Waals surface area contributed by atoms with Crippen LogP contribution in [0.15, 0.2) is 48.5 Å². The van der Waals surface area contributed by atoms with Gasteiger partial charge in [0.2, 0.25) is 17.7 Å². The van der Waals surface area contributed by atoms with Gasteiger partial charge in [0.05, 0.1) is 34.4 Å². The number of imide groups is 2. The second-order valence-corrected chi connectivity index (χ2v) is 14.7. The van der Waals surface area contributed by atoms with Crippen LogP contribution in [0.4, 0.5) is 0 Å². The van der Waals surface area contributed by atoms with E-state index in [1.807, 2.05) is 23.1 Å². The quantitative estimate of drug-likeness (QED) is 0.345. The number of fused-ring (bicyclic) bond motifs is 3. The molecule has 8 rings (SSSR count). The number of amides is 6. The van der Waals surface area contributed by atoms with Crippen molar-refractivity contribution in [2.24, 2.45) is 0 Å². The second-order valence-electron chi connectivity index (χ2n) is 14.3. The molecule has 3 aromatic carbocycles. The summed E-state index contributed by atoms with van der Waals surface area (Å²) in [5.74, 6) is -1.77. The van der Waals surface area contributed by atoms with Gasteiger partial charge in [0.1, 0.15) is 17.9 Å². The van der Waals surface area contributed by atoms with Gasteiger partial charge in [-0.3, -0.25) is 43.9 Å². The van der Waals surface area contributed by atoms with Crippen LogP contribution in [-0.2, 0) is 40.6 Å². The van der Waals surface area contributed by atoms with Crippen LogP contribution in [0.3, 0.4) is 0 Å². The SMILES string of the molecule is N#Cc1ccc(OC2CCC(NC(=O)c3ccc4c(c3)CN(C(=O)CN3Cc5cc6c(cc5C3)C(=O)N(C3CCC(=O)NC3=O)C6=O)C4)CC2)cc1Cl. The number of carbonyl (C=O) groups is 6. The highest BCUT2D eigenvalue weighted by atomic mass is 35.5. The molecule has 4 aliphatic heterocycles. The van der Waals surface area contributed by atoms with Crippen LogP contribution in [0, 0.1) is 11.3 Å². The number of hydrogen-bond acceptors (Lipinski definition) is 9. The van der Waals surface area contributed by atoms with E-state index in [0.29, 0.717) is 48.1 Å². The van der Waals surface area contributed by atoms with Gasteiger partial charge >= 0.3 is 0 Å². The van der Waals surface area contributed by atoms with Gasteiger partial charge in [0, 0.05) is 50.3 Å². The number of hydrogen-bond donors (Lipinski definition) is 2. The van der Waals surface area contributed by atoms with Crippen LogP contribution >= 0.6 is 11.6 Å². The van der Waals surface area contributed by atoms with Crippen molar-refractivity contribution in [2.45, 2.75) is 82.9 Å². The van der Waals surface area contributed by atoms with Gasteiger partial charge in [0.15, 0.2) is 0 Å². The lowest BCUT2D eigenvalue weighted by atomic mass is 9.92. The Labute approximate surface area is 309 Å². The molecular weight excluding hydrogens is 700 g/mol. The number of nitriles is 1. The lowest BCUT2D eigenvalue weighted by molar-refractivity contribution is -0.136. The van der Waals surface area contributed by atoms with Crippen LogP contribution in [-0.4, -0.2) is 74.9 Å². The lowest BCUT2D eigenvalue weighted by Gasteiger charge is -2.29. The number of ether oxygens (including phenoxy) is 1. The van der Waals surface area contributed by atoms with Crippen molar-refractivity contribution < 1.29 is 33.5 Å². The predicted octanol–water partition coefficient (Wildman–Crippen LogP) is 3.59. The molecule has 4 heterocycles. The third kappa shape index (κ3) is 6.64. The largest absolute Gasteiger partial charge is 0.490 e. The molecule has 0 aromatic heterocycles. The standard InChI is InChI=1S/C39H35ClN6O7/c40-32-14-29(6-3-22(32)15-41)53-28-7-4-27(5-8-28)42-36(49)21-1-2-23-18-45(19-24(23)11-21)35(48)20-44-16-25-12-30-31(13-26(25)17-44)39(52)46(38(30)51)33-9-10-34(47)43-37(33)50/h1-3,6,11-14,27-28,33H,4-5,7-10,16-20H2,(H,42,49)(H,43,47,50). The van der Waals surface area contributed by atoms with Gasteiger partial charge in [-0.05, 0) is 90.8 Å². The van der Waals surface area contributed by atoms with Gasteiger partial charge in [-0.15, -0.1) is 0 Å². The summed E-state index contributed by atoms with van der Waals surface area (Å²) in [4.78, 5) is 81.9. The molecule has 1 unspecified atom stereocenters. The van der Waals surface area contributed by atoms with Crippen molar-refractivity contribution in [3.05, 3.63) is 98.1 Å². The first-order chi connectivity index (χ1) is 25.5. The first kappa shape index (κ1) is 34.5. The van der Waals surface area contributed by atoms with Crippen LogP contribution in [0.5, 0.6) is 5.75 Å². The van der Waals surface area contributed by atoms with Gasteiger partial charge in [-0.2, -0.15) is 5.26 Å². The summed E-state index contributed by atoms with van der Waals surface area (Å²) >= 11 is 6.14. The van der Waals surface area contributed by atoms with E-state index >= 15 is 0 Å². The van der Waals surface area contributed by atoms with Crippen LogP contribution < -0.4 is 15.4 Å². The zero-order valence-electron chi connectivity index (χ0n) is 28.7. The summed E-state index contributed by atoms with van der Waals surface area (Å²) < 4.78 is 6.08. The Kier molecular flexibility index (Phi) is 8.96. The molecule has 2 N–H and O–H groups in total. The minimum Gasteiger partial charge on any atom is -0.490 e. The molecule has 13 nitrogen and oxygen atoms in total. The molecular formula is C39H35ClN6O7. The topological polar surface area (TPSA) is 169 Å². The van der Waals surface area contributed by atoms with Crippen LogP contribution in [0.25, 0.3) is 0 Å². The van der Waals surface area contributed by atoms with Crippen molar-refractivity contribution in [3.8, 4) is 11.8 Å². The van der Waals surface area contributed by atoms with E-state index in [0.717, 1.165) is 52.8 Å². The number of rotatable bonds is 7. The number of carbonyl (C=O) groups excluding carboxylic acids is 6.